The summed E-state index contributed by atoms with van der Waals surface area (Å²) in [6.45, 7) is 3.66. The Balaban J connectivity index is 1.88. The summed E-state index contributed by atoms with van der Waals surface area (Å²) in [7, 11) is 7.76. The van der Waals surface area contributed by atoms with Gasteiger partial charge in [-0.25, -0.2) is 10.9 Å². The third-order valence-electron chi connectivity index (χ3n) is 4.75. The number of anilines is 2. The zero-order valence-electron chi connectivity index (χ0n) is 18.9. The molecule has 0 aromatic heterocycles. The molecule has 2 rings (SSSR count). The Hall–Kier alpha value is -3.68. The number of hydrogen-bond donors (Lipinski definition) is 2. The van der Waals surface area contributed by atoms with Gasteiger partial charge in [-0.3, -0.25) is 9.59 Å². The van der Waals surface area contributed by atoms with E-state index in [1.165, 1.54) is 0 Å². The molecule has 2 aromatic rings. The summed E-state index contributed by atoms with van der Waals surface area (Å²) in [6.07, 6.45) is 1.57. The molecule has 0 radical (unpaired) electrons. The predicted molar refractivity (Wildman–Crippen MR) is 127 cm³/mol. The number of amides is 2. The van der Waals surface area contributed by atoms with Crippen LogP contribution in [0.3, 0.4) is 0 Å². The number of hydrazone groups is 2. The minimum absolute atomic E-state index is 0.173. The number of nitrogens with zero attached hydrogens (tertiary/aromatic N) is 4. The van der Waals surface area contributed by atoms with Crippen molar-refractivity contribution in [2.24, 2.45) is 16.1 Å². The van der Waals surface area contributed by atoms with Gasteiger partial charge in [-0.05, 0) is 55.5 Å². The first-order valence-electron chi connectivity index (χ1n) is 9.92. The number of nitrogens with one attached hydrogen (secondary N) is 2. The van der Waals surface area contributed by atoms with E-state index in [1.54, 1.807) is 37.4 Å². The Labute approximate surface area is 183 Å². The minimum Gasteiger partial charge on any atom is -0.378 e. The van der Waals surface area contributed by atoms with E-state index in [1.807, 2.05) is 69.2 Å². The van der Waals surface area contributed by atoms with Crippen molar-refractivity contribution in [1.82, 2.24) is 10.9 Å². The molecule has 1 unspecified atom stereocenters. The highest BCUT2D eigenvalue weighted by atomic mass is 16.2. The molecule has 1 atom stereocenters. The number of hydrogen-bond acceptors (Lipinski definition) is 6. The molecule has 0 heterocycles. The van der Waals surface area contributed by atoms with Crippen molar-refractivity contribution in [2.45, 2.75) is 13.8 Å². The lowest BCUT2D eigenvalue weighted by molar-refractivity contribution is 0.0947. The van der Waals surface area contributed by atoms with Crippen molar-refractivity contribution in [3.05, 3.63) is 59.7 Å². The van der Waals surface area contributed by atoms with E-state index < -0.39 is 0 Å². The van der Waals surface area contributed by atoms with Crippen LogP contribution in [0.25, 0.3) is 0 Å². The minimum atomic E-state index is -0.294. The van der Waals surface area contributed by atoms with Gasteiger partial charge in [0.2, 0.25) is 0 Å². The molecular formula is C23H30N6O2. The number of benzene rings is 2. The number of carbonyl (C=O) groups excluding carboxylic acids is 2. The van der Waals surface area contributed by atoms with Gasteiger partial charge in [-0.15, -0.1) is 0 Å². The van der Waals surface area contributed by atoms with Crippen LogP contribution in [0.2, 0.25) is 0 Å². The van der Waals surface area contributed by atoms with Crippen LogP contribution in [0.4, 0.5) is 11.4 Å². The van der Waals surface area contributed by atoms with Gasteiger partial charge in [0, 0.05) is 68.5 Å². The first-order valence-corrected chi connectivity index (χ1v) is 9.92. The third-order valence-corrected chi connectivity index (χ3v) is 4.75. The third kappa shape index (κ3) is 6.95. The van der Waals surface area contributed by atoms with Crippen LogP contribution in [-0.4, -0.2) is 51.9 Å². The van der Waals surface area contributed by atoms with Crippen LogP contribution in [0.5, 0.6) is 0 Å². The SMILES string of the molecule is CC(=NNC(=O)c1ccc(N(C)C)cc1)C(C)C=NNC(=O)c1ccc(N(C)C)cc1. The Morgan fingerprint density at radius 1 is 0.806 bits per heavy atom. The van der Waals surface area contributed by atoms with E-state index in [0.717, 1.165) is 11.4 Å². The highest BCUT2D eigenvalue weighted by molar-refractivity contribution is 6.00. The second-order valence-electron chi connectivity index (χ2n) is 7.58. The molecule has 0 spiro atoms. The quantitative estimate of drug-likeness (QED) is 0.506. The fourth-order valence-corrected chi connectivity index (χ4v) is 2.51. The Bertz CT molecular complexity index is 947. The average molecular weight is 423 g/mol. The van der Waals surface area contributed by atoms with Gasteiger partial charge in [0.15, 0.2) is 0 Å². The highest BCUT2D eigenvalue weighted by Gasteiger charge is 2.08. The molecule has 8 nitrogen and oxygen atoms in total. The van der Waals surface area contributed by atoms with Crippen LogP contribution >= 0.6 is 0 Å². The van der Waals surface area contributed by atoms with Crippen LogP contribution in [-0.2, 0) is 0 Å². The molecule has 31 heavy (non-hydrogen) atoms. The van der Waals surface area contributed by atoms with E-state index >= 15 is 0 Å². The molecule has 2 amide bonds. The maximum atomic E-state index is 12.3. The van der Waals surface area contributed by atoms with Crippen molar-refractivity contribution in [2.75, 3.05) is 38.0 Å². The predicted octanol–water partition coefficient (Wildman–Crippen LogP) is 2.98. The highest BCUT2D eigenvalue weighted by Crippen LogP contribution is 2.13. The summed E-state index contributed by atoms with van der Waals surface area (Å²) in [5.41, 5.74) is 8.79. The summed E-state index contributed by atoms with van der Waals surface area (Å²) < 4.78 is 0. The smallest absolute Gasteiger partial charge is 0.271 e. The standard InChI is InChI=1S/C23H30N6O2/c1-16(15-24-26-22(30)18-7-11-20(12-8-18)28(3)4)17(2)25-27-23(31)19-9-13-21(14-10-19)29(5)6/h7-16H,1-6H3,(H,26,30)(H,27,31). The van der Waals surface area contributed by atoms with Crippen molar-refractivity contribution in [3.8, 4) is 0 Å². The molecule has 8 heteroatoms. The molecule has 0 bridgehead atoms. The van der Waals surface area contributed by atoms with Gasteiger partial charge in [0.1, 0.15) is 0 Å². The fraction of sp³-hybridized carbons (Fsp3) is 0.304. The van der Waals surface area contributed by atoms with Crippen LogP contribution in [0.1, 0.15) is 34.6 Å². The van der Waals surface area contributed by atoms with Crippen molar-refractivity contribution >= 4 is 35.1 Å². The summed E-state index contributed by atoms with van der Waals surface area (Å²) in [5.74, 6) is -0.756. The van der Waals surface area contributed by atoms with Crippen molar-refractivity contribution in [1.29, 1.82) is 0 Å². The zero-order chi connectivity index (χ0) is 23.0. The molecule has 0 aliphatic rings. The molecule has 2 N–H and O–H groups in total. The normalized spacial score (nSPS) is 12.4. The Morgan fingerprint density at radius 3 is 1.65 bits per heavy atom. The van der Waals surface area contributed by atoms with E-state index in [4.69, 9.17) is 0 Å². The summed E-state index contributed by atoms with van der Waals surface area (Å²) >= 11 is 0. The summed E-state index contributed by atoms with van der Waals surface area (Å²) in [4.78, 5) is 28.4. The van der Waals surface area contributed by atoms with Gasteiger partial charge in [-0.1, -0.05) is 6.92 Å². The first kappa shape index (κ1) is 23.6. The summed E-state index contributed by atoms with van der Waals surface area (Å²) in [6, 6.07) is 14.5. The second kappa shape index (κ2) is 10.9. The molecule has 164 valence electrons. The molecule has 2 aromatic carbocycles. The maximum absolute atomic E-state index is 12.3. The molecular weight excluding hydrogens is 392 g/mol. The summed E-state index contributed by atoms with van der Waals surface area (Å²) in [5, 5.41) is 8.14. The Kier molecular flexibility index (Phi) is 8.31. The van der Waals surface area contributed by atoms with Crippen LogP contribution in [0.15, 0.2) is 58.7 Å². The topological polar surface area (TPSA) is 89.4 Å². The largest absolute Gasteiger partial charge is 0.378 e. The average Bonchev–Trinajstić information content (AvgIpc) is 2.77. The lowest BCUT2D eigenvalue weighted by Gasteiger charge is -2.12. The second-order valence-corrected chi connectivity index (χ2v) is 7.58. The lowest BCUT2D eigenvalue weighted by Crippen LogP contribution is -2.23. The zero-order valence-corrected chi connectivity index (χ0v) is 18.9. The monoisotopic (exact) mass is 422 g/mol. The van der Waals surface area contributed by atoms with E-state index in [9.17, 15) is 9.59 Å². The number of carbonyl (C=O) groups is 2. The van der Waals surface area contributed by atoms with Gasteiger partial charge >= 0.3 is 0 Å². The van der Waals surface area contributed by atoms with Gasteiger partial charge in [0.25, 0.3) is 11.8 Å². The number of rotatable bonds is 8. The van der Waals surface area contributed by atoms with Crippen LogP contribution in [0, 0.1) is 5.92 Å². The Morgan fingerprint density at radius 2 is 1.23 bits per heavy atom. The molecule has 0 saturated carbocycles. The maximum Gasteiger partial charge on any atom is 0.271 e. The van der Waals surface area contributed by atoms with Gasteiger partial charge in [0.05, 0.1) is 0 Å². The van der Waals surface area contributed by atoms with Crippen molar-refractivity contribution in [3.63, 3.8) is 0 Å². The van der Waals surface area contributed by atoms with Crippen molar-refractivity contribution < 1.29 is 9.59 Å². The molecule has 0 fully saturated rings. The molecule has 0 aliphatic carbocycles. The van der Waals surface area contributed by atoms with Crippen LogP contribution < -0.4 is 20.7 Å². The fourth-order valence-electron chi connectivity index (χ4n) is 2.51. The van der Waals surface area contributed by atoms with Gasteiger partial charge in [-0.2, -0.15) is 10.2 Å². The molecule has 0 saturated heterocycles. The lowest BCUT2D eigenvalue weighted by atomic mass is 10.1. The van der Waals surface area contributed by atoms with E-state index in [-0.39, 0.29) is 17.7 Å². The molecule has 0 aliphatic heterocycles. The van der Waals surface area contributed by atoms with Gasteiger partial charge < -0.3 is 9.80 Å². The van der Waals surface area contributed by atoms with E-state index in [0.29, 0.717) is 16.8 Å². The van der Waals surface area contributed by atoms with E-state index in [2.05, 4.69) is 21.1 Å². The first-order chi connectivity index (χ1) is 14.7.